The maximum atomic E-state index is 13.5. The van der Waals surface area contributed by atoms with Crippen LogP contribution in [0.2, 0.25) is 0 Å². The average molecular weight is 766 g/mol. The number of amides is 4. The van der Waals surface area contributed by atoms with Crippen molar-refractivity contribution in [3.63, 3.8) is 0 Å². The van der Waals surface area contributed by atoms with Crippen molar-refractivity contribution in [2.45, 2.75) is 77.9 Å². The summed E-state index contributed by atoms with van der Waals surface area (Å²) in [6.45, 7) is 5.57. The van der Waals surface area contributed by atoms with Crippen LogP contribution in [0.3, 0.4) is 0 Å². The van der Waals surface area contributed by atoms with E-state index in [1.54, 1.807) is 26.0 Å². The smallest absolute Gasteiger partial charge is 0.363 e. The molecular formula is C38H47N5O12. The van der Waals surface area contributed by atoms with Crippen LogP contribution in [0.15, 0.2) is 59.0 Å². The minimum Gasteiger partial charge on any atom is -0.493 e. The van der Waals surface area contributed by atoms with E-state index in [0.29, 0.717) is 31.4 Å². The molecule has 0 saturated carbocycles. The molecule has 3 atom stereocenters. The van der Waals surface area contributed by atoms with Crippen LogP contribution in [0.5, 0.6) is 5.75 Å². The van der Waals surface area contributed by atoms with E-state index < -0.39 is 60.1 Å². The number of carbonyl (C=O) groups is 7. The third kappa shape index (κ3) is 12.4. The van der Waals surface area contributed by atoms with Gasteiger partial charge in [-0.1, -0.05) is 51.3 Å². The van der Waals surface area contributed by atoms with Gasteiger partial charge in [-0.25, -0.2) is 9.59 Å². The van der Waals surface area contributed by atoms with Crippen LogP contribution in [0.1, 0.15) is 96.1 Å². The number of hydroxylamine groups is 2. The molecule has 0 aliphatic carbocycles. The quantitative estimate of drug-likeness (QED) is 0.0350. The van der Waals surface area contributed by atoms with Crippen LogP contribution in [0, 0.1) is 5.92 Å². The first-order valence-electron chi connectivity index (χ1n) is 17.8. The topological polar surface area (TPSA) is 257 Å². The number of nitrogens with two attached hydrogens (primary N) is 1. The molecule has 0 fully saturated rings. The predicted molar refractivity (Wildman–Crippen MR) is 196 cm³/mol. The van der Waals surface area contributed by atoms with Crippen molar-refractivity contribution in [1.29, 1.82) is 0 Å². The van der Waals surface area contributed by atoms with Crippen LogP contribution in [-0.2, 0) is 30.6 Å². The van der Waals surface area contributed by atoms with Gasteiger partial charge in [0.1, 0.15) is 17.6 Å². The third-order valence-electron chi connectivity index (χ3n) is 8.52. The Labute approximate surface area is 317 Å². The van der Waals surface area contributed by atoms with E-state index in [1.807, 2.05) is 6.92 Å². The molecule has 3 aromatic rings. The van der Waals surface area contributed by atoms with E-state index in [0.717, 1.165) is 23.5 Å². The zero-order valence-corrected chi connectivity index (χ0v) is 30.9. The summed E-state index contributed by atoms with van der Waals surface area (Å²) >= 11 is 0. The molecule has 3 rings (SSSR count). The van der Waals surface area contributed by atoms with Crippen molar-refractivity contribution in [2.24, 2.45) is 11.7 Å². The minimum absolute atomic E-state index is 0.0483. The summed E-state index contributed by atoms with van der Waals surface area (Å²) in [6.07, 6.45) is 2.58. The first kappa shape index (κ1) is 43.2. The van der Waals surface area contributed by atoms with Gasteiger partial charge in [0.15, 0.2) is 5.76 Å². The molecule has 17 heteroatoms. The number of ether oxygens (including phenoxy) is 1. The Hall–Kier alpha value is -6.23. The predicted octanol–water partition coefficient (Wildman–Crippen LogP) is 3.47. The monoisotopic (exact) mass is 765 g/mol. The van der Waals surface area contributed by atoms with Gasteiger partial charge in [-0.2, -0.15) is 5.06 Å². The number of carboxylic acids is 2. The first-order valence-corrected chi connectivity index (χ1v) is 17.8. The summed E-state index contributed by atoms with van der Waals surface area (Å²) in [6, 6.07) is 11.1. The Morgan fingerprint density at radius 3 is 2.25 bits per heavy atom. The molecule has 17 nitrogen and oxygen atoms in total. The summed E-state index contributed by atoms with van der Waals surface area (Å²) in [5, 5.41) is 26.6. The van der Waals surface area contributed by atoms with Crippen LogP contribution in [-0.4, -0.2) is 82.7 Å². The molecule has 1 heterocycles. The second-order valence-electron chi connectivity index (χ2n) is 12.3. The Kier molecular flexibility index (Phi) is 16.9. The number of nitrogens with one attached hydrogen (secondary N) is 3. The van der Waals surface area contributed by atoms with Gasteiger partial charge >= 0.3 is 17.9 Å². The van der Waals surface area contributed by atoms with E-state index >= 15 is 0 Å². The van der Waals surface area contributed by atoms with Crippen LogP contribution < -0.4 is 26.4 Å². The van der Waals surface area contributed by atoms with Gasteiger partial charge in [-0.05, 0) is 61.7 Å². The molecule has 55 heavy (non-hydrogen) atoms. The van der Waals surface area contributed by atoms with Crippen LogP contribution >= 0.6 is 0 Å². The molecule has 0 aliphatic heterocycles. The van der Waals surface area contributed by atoms with Gasteiger partial charge in [0.25, 0.3) is 11.8 Å². The van der Waals surface area contributed by atoms with E-state index in [-0.39, 0.29) is 48.1 Å². The van der Waals surface area contributed by atoms with E-state index in [4.69, 9.17) is 24.8 Å². The van der Waals surface area contributed by atoms with Crippen molar-refractivity contribution in [3.8, 4) is 17.1 Å². The van der Waals surface area contributed by atoms with Crippen molar-refractivity contribution < 1.29 is 57.8 Å². The van der Waals surface area contributed by atoms with Gasteiger partial charge in [0, 0.05) is 12.1 Å². The molecule has 4 amide bonds. The second kappa shape index (κ2) is 21.5. The highest BCUT2D eigenvalue weighted by atomic mass is 16.7. The zero-order valence-electron chi connectivity index (χ0n) is 30.9. The number of hydrogen-bond donors (Lipinski definition) is 6. The van der Waals surface area contributed by atoms with Crippen molar-refractivity contribution >= 4 is 42.0 Å². The molecule has 2 unspecified atom stereocenters. The normalized spacial score (nSPS) is 12.4. The number of nitrogens with zero attached hydrogens (tertiary/aromatic N) is 1. The molecule has 1 aromatic heterocycles. The lowest BCUT2D eigenvalue weighted by atomic mass is 9.90. The van der Waals surface area contributed by atoms with E-state index in [9.17, 15) is 38.7 Å². The highest BCUT2D eigenvalue weighted by Gasteiger charge is 2.34. The van der Waals surface area contributed by atoms with Gasteiger partial charge in [-0.15, -0.1) is 0 Å². The summed E-state index contributed by atoms with van der Waals surface area (Å²) in [5.74, 6) is -6.30. The van der Waals surface area contributed by atoms with Gasteiger partial charge < -0.3 is 45.9 Å². The van der Waals surface area contributed by atoms with Gasteiger partial charge in [-0.3, -0.25) is 24.0 Å². The number of furan rings is 1. The van der Waals surface area contributed by atoms with E-state index in [1.165, 1.54) is 42.5 Å². The number of aliphatic carboxylic acids is 2. The lowest BCUT2D eigenvalue weighted by Crippen LogP contribution is -2.49. The SMILES string of the molecule is CCCCCC(C(=O)NCNC(=O)c1ccc(-c2ccc(C(=O)NC(CC(=O)O)C(=O)O)c(OCC)c2)o1)[C@@H](CC)N(C=O)OC(=O)c1ccc(CN)cc1. The minimum atomic E-state index is -1.67. The molecule has 2 aromatic carbocycles. The fourth-order valence-corrected chi connectivity index (χ4v) is 5.64. The summed E-state index contributed by atoms with van der Waals surface area (Å²) in [5.41, 5.74) is 7.00. The largest absolute Gasteiger partial charge is 0.493 e. The Bertz CT molecular complexity index is 1810. The molecule has 296 valence electrons. The summed E-state index contributed by atoms with van der Waals surface area (Å²) in [4.78, 5) is 92.3. The number of benzene rings is 2. The zero-order chi connectivity index (χ0) is 40.5. The summed E-state index contributed by atoms with van der Waals surface area (Å²) in [7, 11) is 0. The molecule has 0 saturated heterocycles. The lowest BCUT2D eigenvalue weighted by Gasteiger charge is -2.31. The molecule has 0 aliphatic rings. The van der Waals surface area contributed by atoms with E-state index in [2.05, 4.69) is 16.0 Å². The lowest BCUT2D eigenvalue weighted by molar-refractivity contribution is -0.171. The number of carboxylic acid groups (broad SMARTS) is 2. The first-order chi connectivity index (χ1) is 26.4. The highest BCUT2D eigenvalue weighted by molar-refractivity contribution is 6.00. The number of carbonyl (C=O) groups excluding carboxylic acids is 5. The van der Waals surface area contributed by atoms with Gasteiger partial charge in [0.05, 0.1) is 42.8 Å². The van der Waals surface area contributed by atoms with Crippen LogP contribution in [0.4, 0.5) is 0 Å². The number of hydrogen-bond acceptors (Lipinski definition) is 11. The summed E-state index contributed by atoms with van der Waals surface area (Å²) < 4.78 is 11.3. The average Bonchev–Trinajstić information content (AvgIpc) is 3.67. The highest BCUT2D eigenvalue weighted by Crippen LogP contribution is 2.29. The van der Waals surface area contributed by atoms with Crippen molar-refractivity contribution in [1.82, 2.24) is 21.0 Å². The molecule has 7 N–H and O–H groups in total. The molecule has 0 spiro atoms. The Morgan fingerprint density at radius 1 is 0.927 bits per heavy atom. The Morgan fingerprint density at radius 2 is 1.65 bits per heavy atom. The van der Waals surface area contributed by atoms with Crippen molar-refractivity contribution in [3.05, 3.63) is 77.0 Å². The fraction of sp³-hybridized carbons (Fsp3) is 0.395. The number of unbranched alkanes of at least 4 members (excludes halogenated alkanes) is 2. The standard InChI is InChI=1S/C38H47N5O12/c1-4-7-8-9-26(29(5-2)43(22-44)55-38(52)24-12-10-23(20-39)11-13-24)34(47)40-21-41-36(49)31-17-16-30(54-31)25-14-15-27(32(18-25)53-6-3)35(48)42-28(37(50)51)19-33(45)46/h10-18,22,26,28-29H,4-9,19-21,39H2,1-3H3,(H,40,47)(H,41,49)(H,42,48)(H,45,46)(H,50,51)/t26?,28?,29-/m1/s1. The van der Waals surface area contributed by atoms with Crippen LogP contribution in [0.25, 0.3) is 11.3 Å². The van der Waals surface area contributed by atoms with Crippen molar-refractivity contribution in [2.75, 3.05) is 13.3 Å². The van der Waals surface area contributed by atoms with Gasteiger partial charge in [0.2, 0.25) is 12.3 Å². The molecular weight excluding hydrogens is 718 g/mol. The molecule has 0 bridgehead atoms. The molecule has 0 radical (unpaired) electrons. The number of rotatable bonds is 23. The fourth-order valence-electron chi connectivity index (χ4n) is 5.64. The second-order valence-corrected chi connectivity index (χ2v) is 12.3. The maximum Gasteiger partial charge on any atom is 0.363 e. The Balaban J connectivity index is 1.69. The maximum absolute atomic E-state index is 13.5. The third-order valence-corrected chi connectivity index (χ3v) is 8.52.